The van der Waals surface area contributed by atoms with Gasteiger partial charge in [-0.3, -0.25) is 28.8 Å². The van der Waals surface area contributed by atoms with Crippen LogP contribution in [0.15, 0.2) is 30.3 Å². The van der Waals surface area contributed by atoms with Crippen molar-refractivity contribution in [2.75, 3.05) is 5.75 Å². The van der Waals surface area contributed by atoms with Gasteiger partial charge in [-0.2, -0.15) is 12.6 Å². The molecule has 0 saturated carbocycles. The van der Waals surface area contributed by atoms with Crippen molar-refractivity contribution in [1.29, 1.82) is 0 Å². The van der Waals surface area contributed by atoms with E-state index in [0.717, 1.165) is 0 Å². The molecule has 1 amide bonds. The number of hydrogen-bond donors (Lipinski definition) is 6. The van der Waals surface area contributed by atoms with Gasteiger partial charge < -0.3 is 25.9 Å². The average molecular weight is 520 g/mol. The quantitative estimate of drug-likeness (QED) is 0.116. The lowest BCUT2D eigenvalue weighted by Gasteiger charge is -2.22. The third-order valence-corrected chi connectivity index (χ3v) is 5.92. The Labute approximate surface area is 214 Å². The van der Waals surface area contributed by atoms with Crippen LogP contribution in [0.2, 0.25) is 0 Å². The fourth-order valence-corrected chi connectivity index (χ4v) is 3.71. The predicted octanol–water partition coefficient (Wildman–Crippen LogP) is 0.260. The Morgan fingerprint density at radius 1 is 0.861 bits per heavy atom. The summed E-state index contributed by atoms with van der Waals surface area (Å²) in [6, 6.07) is 6.26. The number of Topliss-reactive ketones (excluding diaryl/α,β-unsaturated/α-hetero) is 2. The van der Waals surface area contributed by atoms with Crippen LogP contribution in [-0.2, 0) is 35.2 Å². The van der Waals surface area contributed by atoms with Gasteiger partial charge in [-0.1, -0.05) is 30.3 Å². The number of hydrogen-bond acceptors (Lipinski definition) is 8. The third kappa shape index (κ3) is 11.0. The highest BCUT2D eigenvalue weighted by Gasteiger charge is 2.31. The highest BCUT2D eigenvalue weighted by atomic mass is 32.1. The van der Waals surface area contributed by atoms with Crippen molar-refractivity contribution in [1.82, 2.24) is 10.5 Å². The summed E-state index contributed by atoms with van der Waals surface area (Å²) in [6.07, 6.45) is -1.99. The second-order valence-corrected chi connectivity index (χ2v) is 8.64. The van der Waals surface area contributed by atoms with E-state index in [0.29, 0.717) is 5.56 Å². The van der Waals surface area contributed by atoms with Gasteiger partial charge in [-0.05, 0) is 18.4 Å². The molecular weight excluding hydrogens is 491 g/mol. The summed E-state index contributed by atoms with van der Waals surface area (Å²) in [6.45, 7) is 0. The first kappa shape index (κ1) is 30.8. The standard InChI is InChI=1S/C23H29BN2O9S/c24-26-17(23(34)35)7-6-16(27)9-14(11-20(29)30)21(31)25-18(8-13-4-2-1-3-5-13)19(28)10-15(12-36)22(32)33/h1-5,14-15,17-18,26,36H,6-12H2,(H,25,31)(H,29,30)(H,32,33)(H,34,35). The van der Waals surface area contributed by atoms with E-state index in [1.54, 1.807) is 30.3 Å². The molecule has 1 aromatic carbocycles. The van der Waals surface area contributed by atoms with Crippen molar-refractivity contribution in [3.63, 3.8) is 0 Å². The van der Waals surface area contributed by atoms with Gasteiger partial charge in [0.1, 0.15) is 5.78 Å². The van der Waals surface area contributed by atoms with Crippen molar-refractivity contribution in [2.24, 2.45) is 11.8 Å². The van der Waals surface area contributed by atoms with Gasteiger partial charge in [0.15, 0.2) is 13.8 Å². The van der Waals surface area contributed by atoms with Gasteiger partial charge in [0.05, 0.1) is 30.3 Å². The monoisotopic (exact) mass is 520 g/mol. The molecule has 4 unspecified atom stereocenters. The van der Waals surface area contributed by atoms with E-state index < -0.39 is 78.6 Å². The Morgan fingerprint density at radius 3 is 2.00 bits per heavy atom. The first-order chi connectivity index (χ1) is 17.0. The number of benzene rings is 1. The van der Waals surface area contributed by atoms with Gasteiger partial charge in [-0.25, -0.2) is 0 Å². The number of ketones is 2. The molecule has 13 heteroatoms. The first-order valence-corrected chi connectivity index (χ1v) is 11.7. The fraction of sp³-hybridized carbons (Fsp3) is 0.478. The Balaban J connectivity index is 3.02. The van der Waals surface area contributed by atoms with Gasteiger partial charge in [0.2, 0.25) is 5.91 Å². The van der Waals surface area contributed by atoms with E-state index in [1.165, 1.54) is 0 Å². The Bertz CT molecular complexity index is 945. The molecule has 1 rings (SSSR count). The number of amides is 1. The van der Waals surface area contributed by atoms with E-state index in [4.69, 9.17) is 13.1 Å². The molecule has 0 bridgehead atoms. The topological polar surface area (TPSA) is 187 Å². The van der Waals surface area contributed by atoms with Crippen LogP contribution in [0.3, 0.4) is 0 Å². The van der Waals surface area contributed by atoms with Gasteiger partial charge in [0, 0.05) is 25.0 Å². The van der Waals surface area contributed by atoms with Crippen molar-refractivity contribution in [2.45, 2.75) is 50.6 Å². The summed E-state index contributed by atoms with van der Waals surface area (Å²) in [5.41, 5.74) is 0.675. The lowest BCUT2D eigenvalue weighted by molar-refractivity contribution is -0.144. The second kappa shape index (κ2) is 15.7. The molecule has 0 aliphatic carbocycles. The molecule has 11 nitrogen and oxygen atoms in total. The third-order valence-electron chi connectivity index (χ3n) is 5.48. The number of carbonyl (C=O) groups excluding carboxylic acids is 3. The Hall–Kier alpha value is -3.19. The molecule has 4 atom stereocenters. The van der Waals surface area contributed by atoms with Crippen molar-refractivity contribution < 1.29 is 44.1 Å². The summed E-state index contributed by atoms with van der Waals surface area (Å²) in [5, 5.41) is 32.0. The minimum Gasteiger partial charge on any atom is -0.481 e. The molecule has 0 spiro atoms. The maximum atomic E-state index is 13.0. The minimum absolute atomic E-state index is 0.0283. The summed E-state index contributed by atoms with van der Waals surface area (Å²) in [5.74, 6) is -8.32. The zero-order chi connectivity index (χ0) is 27.3. The number of nitrogens with one attached hydrogen (secondary N) is 2. The summed E-state index contributed by atoms with van der Waals surface area (Å²) in [4.78, 5) is 72.0. The largest absolute Gasteiger partial charge is 0.481 e. The molecule has 36 heavy (non-hydrogen) atoms. The summed E-state index contributed by atoms with van der Waals surface area (Å²) >= 11 is 3.96. The Kier molecular flexibility index (Phi) is 13.5. The van der Waals surface area contributed by atoms with E-state index in [9.17, 15) is 39.0 Å². The smallest absolute Gasteiger partial charge is 0.319 e. The zero-order valence-corrected chi connectivity index (χ0v) is 20.4. The van der Waals surface area contributed by atoms with Crippen LogP contribution in [0.5, 0.6) is 0 Å². The molecule has 0 aliphatic heterocycles. The highest BCUT2D eigenvalue weighted by Crippen LogP contribution is 2.16. The summed E-state index contributed by atoms with van der Waals surface area (Å²) in [7, 11) is 5.13. The number of carboxylic acid groups (broad SMARTS) is 3. The number of carboxylic acids is 3. The molecule has 0 aromatic heterocycles. The number of carbonyl (C=O) groups is 6. The molecule has 1 aromatic rings. The molecule has 0 fully saturated rings. The maximum Gasteiger partial charge on any atom is 0.319 e. The molecular formula is C23H29BN2O9S. The lowest BCUT2D eigenvalue weighted by atomic mass is 9.92. The van der Waals surface area contributed by atoms with Gasteiger partial charge >= 0.3 is 17.9 Å². The van der Waals surface area contributed by atoms with Crippen LogP contribution >= 0.6 is 12.6 Å². The molecule has 0 aliphatic rings. The predicted molar refractivity (Wildman–Crippen MR) is 132 cm³/mol. The van der Waals surface area contributed by atoms with Crippen LogP contribution in [0, 0.1) is 11.8 Å². The SMILES string of the molecule is [B]NC(CCC(=O)CC(CC(=O)O)C(=O)NC(Cc1ccccc1)C(=O)CC(CS)C(=O)O)C(=O)O. The normalized spacial score (nSPS) is 14.1. The van der Waals surface area contributed by atoms with Gasteiger partial charge in [-0.15, -0.1) is 0 Å². The average Bonchev–Trinajstić information content (AvgIpc) is 2.81. The Morgan fingerprint density at radius 2 is 1.50 bits per heavy atom. The highest BCUT2D eigenvalue weighted by molar-refractivity contribution is 7.80. The number of thiol groups is 1. The zero-order valence-electron chi connectivity index (χ0n) is 19.5. The molecule has 2 radical (unpaired) electrons. The number of rotatable bonds is 18. The van der Waals surface area contributed by atoms with E-state index in [1.807, 2.05) is 5.23 Å². The van der Waals surface area contributed by atoms with Gasteiger partial charge in [0.25, 0.3) is 0 Å². The first-order valence-electron chi connectivity index (χ1n) is 11.1. The maximum absolute atomic E-state index is 13.0. The molecule has 0 saturated heterocycles. The van der Waals surface area contributed by atoms with E-state index in [2.05, 4.69) is 17.9 Å². The minimum atomic E-state index is -1.35. The van der Waals surface area contributed by atoms with Crippen molar-refractivity contribution in [3.05, 3.63) is 35.9 Å². The van der Waals surface area contributed by atoms with Crippen LogP contribution in [0.4, 0.5) is 0 Å². The second-order valence-electron chi connectivity index (χ2n) is 8.27. The van der Waals surface area contributed by atoms with Crippen LogP contribution in [0.1, 0.15) is 37.7 Å². The molecule has 0 heterocycles. The van der Waals surface area contributed by atoms with Crippen molar-refractivity contribution in [3.8, 4) is 0 Å². The van der Waals surface area contributed by atoms with Crippen LogP contribution in [-0.4, -0.2) is 76.5 Å². The number of aliphatic carboxylic acids is 3. The molecule has 194 valence electrons. The fourth-order valence-electron chi connectivity index (χ4n) is 3.43. The summed E-state index contributed by atoms with van der Waals surface area (Å²) < 4.78 is 0. The van der Waals surface area contributed by atoms with Crippen LogP contribution in [0.25, 0.3) is 0 Å². The molecule has 5 N–H and O–H groups in total. The van der Waals surface area contributed by atoms with E-state index in [-0.39, 0.29) is 25.0 Å². The van der Waals surface area contributed by atoms with Crippen molar-refractivity contribution >= 4 is 56.0 Å². The van der Waals surface area contributed by atoms with Crippen LogP contribution < -0.4 is 10.5 Å². The lowest BCUT2D eigenvalue weighted by Crippen LogP contribution is -2.46. The van der Waals surface area contributed by atoms with E-state index >= 15 is 0 Å².